The summed E-state index contributed by atoms with van der Waals surface area (Å²) in [5.41, 5.74) is 0. The quantitative estimate of drug-likeness (QED) is 0.832. The average molecular weight is 279 g/mol. The Morgan fingerprint density at radius 2 is 2.00 bits per heavy atom. The van der Waals surface area contributed by atoms with E-state index in [1.165, 1.54) is 32.1 Å². The summed E-state index contributed by atoms with van der Waals surface area (Å²) in [6, 6.07) is 0.689. The highest BCUT2D eigenvalue weighted by molar-refractivity contribution is 4.93. The molecule has 1 aliphatic carbocycles. The summed E-state index contributed by atoms with van der Waals surface area (Å²) in [6.07, 6.45) is 9.02. The minimum absolute atomic E-state index is 0.225. The van der Waals surface area contributed by atoms with Gasteiger partial charge in [-0.1, -0.05) is 33.1 Å². The third kappa shape index (κ3) is 3.57. The molecule has 2 unspecified atom stereocenters. The van der Waals surface area contributed by atoms with Crippen LogP contribution in [-0.4, -0.2) is 26.8 Å². The number of rotatable bonds is 7. The number of hydrogen-bond acceptors (Lipinski definition) is 4. The Hall–Kier alpha value is -0.970. The Kier molecular flexibility index (Phi) is 5.95. The molecule has 114 valence electrons. The molecule has 20 heavy (non-hydrogen) atoms. The van der Waals surface area contributed by atoms with Crippen LogP contribution >= 0.6 is 0 Å². The second kappa shape index (κ2) is 7.72. The lowest BCUT2D eigenvalue weighted by Crippen LogP contribution is -2.28. The first kappa shape index (κ1) is 15.4. The molecule has 2 atom stereocenters. The maximum atomic E-state index is 4.31. The first-order valence-corrected chi connectivity index (χ1v) is 8.29. The lowest BCUT2D eigenvalue weighted by molar-refractivity contribution is 0.219. The van der Waals surface area contributed by atoms with Gasteiger partial charge in [0.05, 0.1) is 12.1 Å². The zero-order valence-electron chi connectivity index (χ0n) is 13.2. The van der Waals surface area contributed by atoms with Gasteiger partial charge in [0.15, 0.2) is 5.82 Å². The Morgan fingerprint density at radius 1 is 1.25 bits per heavy atom. The molecule has 5 heteroatoms. The normalized spacial score (nSPS) is 19.9. The van der Waals surface area contributed by atoms with E-state index in [0.29, 0.717) is 6.04 Å². The number of tetrazole rings is 1. The second-order valence-corrected chi connectivity index (χ2v) is 6.03. The van der Waals surface area contributed by atoms with Crippen molar-refractivity contribution < 1.29 is 0 Å². The molecule has 0 spiro atoms. The molecular formula is C15H29N5. The van der Waals surface area contributed by atoms with Crippen LogP contribution in [0.15, 0.2) is 0 Å². The summed E-state index contributed by atoms with van der Waals surface area (Å²) in [5.74, 6) is 1.74. The van der Waals surface area contributed by atoms with Gasteiger partial charge in [-0.3, -0.25) is 0 Å². The largest absolute Gasteiger partial charge is 0.307 e. The first-order chi connectivity index (χ1) is 9.77. The Balaban J connectivity index is 2.11. The highest BCUT2D eigenvalue weighted by Gasteiger charge is 2.28. The molecule has 1 saturated carbocycles. The average Bonchev–Trinajstić information content (AvgIpc) is 2.96. The fraction of sp³-hybridized carbons (Fsp3) is 0.933. The minimum Gasteiger partial charge on any atom is -0.307 e. The molecule has 0 aliphatic heterocycles. The van der Waals surface area contributed by atoms with Crippen molar-refractivity contribution in [2.75, 3.05) is 6.54 Å². The highest BCUT2D eigenvalue weighted by atomic mass is 15.6. The molecule has 0 bridgehead atoms. The van der Waals surface area contributed by atoms with Crippen molar-refractivity contribution in [3.63, 3.8) is 0 Å². The zero-order valence-corrected chi connectivity index (χ0v) is 13.2. The van der Waals surface area contributed by atoms with E-state index in [1.807, 2.05) is 0 Å². The van der Waals surface area contributed by atoms with E-state index in [0.717, 1.165) is 31.1 Å². The van der Waals surface area contributed by atoms with Gasteiger partial charge in [0.25, 0.3) is 0 Å². The molecule has 1 N–H and O–H groups in total. The van der Waals surface area contributed by atoms with Gasteiger partial charge in [-0.05, 0) is 55.5 Å². The van der Waals surface area contributed by atoms with Crippen molar-refractivity contribution in [2.45, 2.75) is 77.8 Å². The molecule has 1 aromatic heterocycles. The van der Waals surface area contributed by atoms with Crippen LogP contribution in [0.2, 0.25) is 0 Å². The van der Waals surface area contributed by atoms with Crippen molar-refractivity contribution in [1.29, 1.82) is 0 Å². The monoisotopic (exact) mass is 279 g/mol. The lowest BCUT2D eigenvalue weighted by Gasteiger charge is -2.30. The fourth-order valence-electron chi connectivity index (χ4n) is 3.40. The van der Waals surface area contributed by atoms with Gasteiger partial charge in [-0.25, -0.2) is 4.68 Å². The Bertz CT molecular complexity index is 383. The van der Waals surface area contributed by atoms with E-state index in [-0.39, 0.29) is 6.04 Å². The molecule has 1 aliphatic rings. The summed E-state index contributed by atoms with van der Waals surface area (Å²) in [6.45, 7) is 7.61. The van der Waals surface area contributed by atoms with Crippen LogP contribution in [0.4, 0.5) is 0 Å². The number of hydrogen-bond donors (Lipinski definition) is 1. The fourth-order valence-corrected chi connectivity index (χ4v) is 3.40. The maximum Gasteiger partial charge on any atom is 0.168 e. The second-order valence-electron chi connectivity index (χ2n) is 6.03. The number of nitrogens with one attached hydrogen (secondary N) is 1. The molecular weight excluding hydrogens is 250 g/mol. The molecule has 0 aromatic carbocycles. The van der Waals surface area contributed by atoms with Crippen molar-refractivity contribution in [2.24, 2.45) is 5.92 Å². The standard InChI is InChI=1S/C15H29N5/c1-4-11-16-12(3)15-17-18-19-20(15)14(5-2)13-9-7-6-8-10-13/h12-14,16H,4-11H2,1-3H3. The lowest BCUT2D eigenvalue weighted by atomic mass is 9.83. The third-order valence-corrected chi connectivity index (χ3v) is 4.53. The zero-order chi connectivity index (χ0) is 14.4. The van der Waals surface area contributed by atoms with E-state index in [4.69, 9.17) is 0 Å². The smallest absolute Gasteiger partial charge is 0.168 e. The maximum absolute atomic E-state index is 4.31. The van der Waals surface area contributed by atoms with E-state index in [2.05, 4.69) is 46.3 Å². The van der Waals surface area contributed by atoms with Crippen molar-refractivity contribution in [1.82, 2.24) is 25.5 Å². The van der Waals surface area contributed by atoms with E-state index in [1.54, 1.807) is 0 Å². The molecule has 5 nitrogen and oxygen atoms in total. The molecule has 1 fully saturated rings. The van der Waals surface area contributed by atoms with E-state index in [9.17, 15) is 0 Å². The van der Waals surface area contributed by atoms with Crippen molar-refractivity contribution in [3.8, 4) is 0 Å². The van der Waals surface area contributed by atoms with E-state index < -0.39 is 0 Å². The predicted octanol–water partition coefficient (Wildman–Crippen LogP) is 3.27. The molecule has 1 aromatic rings. The third-order valence-electron chi connectivity index (χ3n) is 4.53. The van der Waals surface area contributed by atoms with Gasteiger partial charge in [0.1, 0.15) is 0 Å². The van der Waals surface area contributed by atoms with Gasteiger partial charge >= 0.3 is 0 Å². The number of aromatic nitrogens is 4. The van der Waals surface area contributed by atoms with Crippen molar-refractivity contribution in [3.05, 3.63) is 5.82 Å². The van der Waals surface area contributed by atoms with Gasteiger partial charge < -0.3 is 5.32 Å². The van der Waals surface area contributed by atoms with Crippen LogP contribution in [0, 0.1) is 5.92 Å². The molecule has 0 radical (unpaired) electrons. The SMILES string of the molecule is CCCNC(C)c1nnnn1C(CC)C1CCCCC1. The molecule has 0 amide bonds. The summed E-state index contributed by atoms with van der Waals surface area (Å²) in [4.78, 5) is 0. The van der Waals surface area contributed by atoms with Crippen LogP contribution < -0.4 is 5.32 Å². The summed E-state index contributed by atoms with van der Waals surface area (Å²) >= 11 is 0. The summed E-state index contributed by atoms with van der Waals surface area (Å²) < 4.78 is 2.10. The van der Waals surface area contributed by atoms with Crippen LogP contribution in [0.25, 0.3) is 0 Å². The van der Waals surface area contributed by atoms with Crippen molar-refractivity contribution >= 4 is 0 Å². The van der Waals surface area contributed by atoms with Crippen LogP contribution in [0.5, 0.6) is 0 Å². The Morgan fingerprint density at radius 3 is 2.65 bits per heavy atom. The van der Waals surface area contributed by atoms with Gasteiger partial charge in [-0.2, -0.15) is 0 Å². The van der Waals surface area contributed by atoms with Crippen LogP contribution in [0.1, 0.15) is 83.6 Å². The Labute approximate surface area is 122 Å². The van der Waals surface area contributed by atoms with Gasteiger partial charge in [0, 0.05) is 0 Å². The molecule has 0 saturated heterocycles. The first-order valence-electron chi connectivity index (χ1n) is 8.29. The minimum atomic E-state index is 0.225. The predicted molar refractivity (Wildman–Crippen MR) is 80.4 cm³/mol. The highest BCUT2D eigenvalue weighted by Crippen LogP contribution is 2.35. The van der Waals surface area contributed by atoms with Gasteiger partial charge in [0.2, 0.25) is 0 Å². The molecule has 1 heterocycles. The molecule has 2 rings (SSSR count). The summed E-state index contributed by atoms with van der Waals surface area (Å²) in [5, 5.41) is 16.0. The van der Waals surface area contributed by atoms with E-state index >= 15 is 0 Å². The number of nitrogens with zero attached hydrogens (tertiary/aromatic N) is 4. The topological polar surface area (TPSA) is 55.6 Å². The van der Waals surface area contributed by atoms with Crippen LogP contribution in [-0.2, 0) is 0 Å². The van der Waals surface area contributed by atoms with Crippen LogP contribution in [0.3, 0.4) is 0 Å². The van der Waals surface area contributed by atoms with Gasteiger partial charge in [-0.15, -0.1) is 5.10 Å². The summed E-state index contributed by atoms with van der Waals surface area (Å²) in [7, 11) is 0.